The third-order valence-corrected chi connectivity index (χ3v) is 4.30. The van der Waals surface area contributed by atoms with Gasteiger partial charge in [-0.15, -0.1) is 0 Å². The summed E-state index contributed by atoms with van der Waals surface area (Å²) in [5.41, 5.74) is 0.638. The van der Waals surface area contributed by atoms with Crippen LogP contribution in [0.5, 0.6) is 0 Å². The zero-order valence-corrected chi connectivity index (χ0v) is 12.4. The summed E-state index contributed by atoms with van der Waals surface area (Å²) in [7, 11) is -3.32. The van der Waals surface area contributed by atoms with Crippen LogP contribution in [-0.4, -0.2) is 27.3 Å². The molecule has 2 rings (SSSR count). The second-order valence-electron chi connectivity index (χ2n) is 4.70. The molecule has 0 aliphatic rings. The quantitative estimate of drug-likeness (QED) is 0.771. The molecule has 0 bridgehead atoms. The van der Waals surface area contributed by atoms with Crippen LogP contribution in [0.15, 0.2) is 42.5 Å². The van der Waals surface area contributed by atoms with E-state index >= 15 is 0 Å². The van der Waals surface area contributed by atoms with Gasteiger partial charge in [-0.3, -0.25) is 4.72 Å². The van der Waals surface area contributed by atoms with E-state index in [4.69, 9.17) is 0 Å². The topological polar surface area (TPSA) is 58.2 Å². The molecule has 0 saturated carbocycles. The smallest absolute Gasteiger partial charge is 0.233 e. The molecule has 2 aromatic rings. The summed E-state index contributed by atoms with van der Waals surface area (Å²) in [4.78, 5) is 0. The lowest BCUT2D eigenvalue weighted by Gasteiger charge is -2.11. The Morgan fingerprint density at radius 3 is 2.55 bits per heavy atom. The van der Waals surface area contributed by atoms with Gasteiger partial charge in [0, 0.05) is 11.9 Å². The molecule has 0 aliphatic carbocycles. The molecule has 0 amide bonds. The van der Waals surface area contributed by atoms with Gasteiger partial charge in [0.15, 0.2) is 0 Å². The molecule has 0 fully saturated rings. The highest BCUT2D eigenvalue weighted by Gasteiger charge is 2.11. The van der Waals surface area contributed by atoms with Crippen LogP contribution in [0.1, 0.15) is 13.3 Å². The summed E-state index contributed by atoms with van der Waals surface area (Å²) in [6, 6.07) is 13.3. The summed E-state index contributed by atoms with van der Waals surface area (Å²) in [5.74, 6) is 0.0796. The van der Waals surface area contributed by atoms with Crippen molar-refractivity contribution >= 4 is 26.5 Å². The van der Waals surface area contributed by atoms with Crippen molar-refractivity contribution in [1.82, 2.24) is 5.32 Å². The molecule has 5 heteroatoms. The predicted octanol–water partition coefficient (Wildman–Crippen LogP) is 2.58. The van der Waals surface area contributed by atoms with Gasteiger partial charge in [0.25, 0.3) is 0 Å². The molecule has 0 radical (unpaired) electrons. The molecule has 2 aromatic carbocycles. The fourth-order valence-electron chi connectivity index (χ4n) is 2.04. The highest BCUT2D eigenvalue weighted by Crippen LogP contribution is 2.23. The maximum atomic E-state index is 12.1. The van der Waals surface area contributed by atoms with Crippen molar-refractivity contribution in [2.75, 3.05) is 23.6 Å². The molecule has 4 nitrogen and oxygen atoms in total. The number of hydrogen-bond acceptors (Lipinski definition) is 3. The number of fused-ring (bicyclic) bond motifs is 1. The molecule has 0 atom stereocenters. The van der Waals surface area contributed by atoms with Gasteiger partial charge in [-0.25, -0.2) is 8.42 Å². The third kappa shape index (κ3) is 3.95. The number of nitrogens with one attached hydrogen (secondary N) is 2. The molecule has 0 unspecified atom stereocenters. The van der Waals surface area contributed by atoms with E-state index in [-0.39, 0.29) is 5.75 Å². The fourth-order valence-corrected chi connectivity index (χ4v) is 3.07. The van der Waals surface area contributed by atoms with E-state index in [2.05, 4.69) is 17.0 Å². The minimum atomic E-state index is -3.32. The molecule has 2 N–H and O–H groups in total. The van der Waals surface area contributed by atoms with Crippen molar-refractivity contribution in [2.45, 2.75) is 13.3 Å². The molecule has 0 aromatic heterocycles. The van der Waals surface area contributed by atoms with Crippen molar-refractivity contribution in [2.24, 2.45) is 0 Å². The van der Waals surface area contributed by atoms with Gasteiger partial charge in [-0.2, -0.15) is 0 Å². The Balaban J connectivity index is 2.11. The Morgan fingerprint density at radius 2 is 1.75 bits per heavy atom. The van der Waals surface area contributed by atoms with E-state index in [1.165, 1.54) is 0 Å². The lowest BCUT2D eigenvalue weighted by atomic mass is 10.1. The van der Waals surface area contributed by atoms with Crippen molar-refractivity contribution in [1.29, 1.82) is 0 Å². The van der Waals surface area contributed by atoms with Crippen LogP contribution >= 0.6 is 0 Å². The predicted molar refractivity (Wildman–Crippen MR) is 84.5 cm³/mol. The van der Waals surface area contributed by atoms with E-state index in [1.54, 1.807) is 6.07 Å². The molecule has 0 aliphatic heterocycles. The normalized spacial score (nSPS) is 11.7. The van der Waals surface area contributed by atoms with Crippen LogP contribution in [0.25, 0.3) is 10.8 Å². The largest absolute Gasteiger partial charge is 0.316 e. The minimum absolute atomic E-state index is 0.0796. The molecular weight excluding hydrogens is 272 g/mol. The highest BCUT2D eigenvalue weighted by atomic mass is 32.2. The molecule has 20 heavy (non-hydrogen) atoms. The van der Waals surface area contributed by atoms with Gasteiger partial charge >= 0.3 is 0 Å². The summed E-state index contributed by atoms with van der Waals surface area (Å²) in [6.07, 6.45) is 0.997. The van der Waals surface area contributed by atoms with E-state index in [9.17, 15) is 8.42 Å². The Bertz CT molecular complexity index is 663. The van der Waals surface area contributed by atoms with Gasteiger partial charge in [0.2, 0.25) is 10.0 Å². The first-order valence-corrected chi connectivity index (χ1v) is 8.46. The number of benzene rings is 2. The van der Waals surface area contributed by atoms with Crippen molar-refractivity contribution < 1.29 is 8.42 Å². The Kier molecular flexibility index (Phi) is 4.98. The first-order valence-electron chi connectivity index (χ1n) is 6.81. The molecule has 0 heterocycles. The molecule has 0 spiro atoms. The van der Waals surface area contributed by atoms with Gasteiger partial charge in [-0.1, -0.05) is 43.3 Å². The van der Waals surface area contributed by atoms with Gasteiger partial charge in [0.1, 0.15) is 0 Å². The number of anilines is 1. The maximum absolute atomic E-state index is 12.1. The van der Waals surface area contributed by atoms with Gasteiger partial charge in [-0.05, 0) is 24.4 Å². The standard InChI is InChI=1S/C15H20N2O2S/c1-2-10-16-11-12-20(18,19)17-15-9-5-7-13-6-3-4-8-14(13)15/h3-9,16-17H,2,10-12H2,1H3. The Labute approximate surface area is 120 Å². The SMILES string of the molecule is CCCNCCS(=O)(=O)Nc1cccc2ccccc12. The van der Waals surface area contributed by atoms with Crippen LogP contribution in [0.4, 0.5) is 5.69 Å². The van der Waals surface area contributed by atoms with E-state index in [1.807, 2.05) is 36.4 Å². The fraction of sp³-hybridized carbons (Fsp3) is 0.333. The average molecular weight is 292 g/mol. The van der Waals surface area contributed by atoms with Crippen LogP contribution in [0, 0.1) is 0 Å². The zero-order valence-electron chi connectivity index (χ0n) is 11.6. The van der Waals surface area contributed by atoms with Gasteiger partial charge < -0.3 is 5.32 Å². The number of hydrogen-bond donors (Lipinski definition) is 2. The summed E-state index contributed by atoms with van der Waals surface area (Å²) in [5, 5.41) is 5.04. The van der Waals surface area contributed by atoms with Gasteiger partial charge in [0.05, 0.1) is 11.4 Å². The third-order valence-electron chi connectivity index (χ3n) is 3.03. The zero-order chi connectivity index (χ0) is 14.4. The first-order chi connectivity index (χ1) is 9.62. The summed E-state index contributed by atoms with van der Waals surface area (Å²) in [6.45, 7) is 3.35. The van der Waals surface area contributed by atoms with E-state index < -0.39 is 10.0 Å². The number of rotatable bonds is 7. The van der Waals surface area contributed by atoms with E-state index in [0.717, 1.165) is 23.7 Å². The second-order valence-corrected chi connectivity index (χ2v) is 6.54. The first kappa shape index (κ1) is 14.8. The van der Waals surface area contributed by atoms with Crippen LogP contribution < -0.4 is 10.0 Å². The second kappa shape index (κ2) is 6.72. The summed E-state index contributed by atoms with van der Waals surface area (Å²) < 4.78 is 26.8. The lowest BCUT2D eigenvalue weighted by molar-refractivity contribution is 0.595. The van der Waals surface area contributed by atoms with Crippen LogP contribution in [0.2, 0.25) is 0 Å². The average Bonchev–Trinajstić information content (AvgIpc) is 2.44. The molecule has 108 valence electrons. The number of sulfonamides is 1. The molecular formula is C15H20N2O2S. The minimum Gasteiger partial charge on any atom is -0.316 e. The van der Waals surface area contributed by atoms with Crippen molar-refractivity contribution in [3.63, 3.8) is 0 Å². The monoisotopic (exact) mass is 292 g/mol. The maximum Gasteiger partial charge on any atom is 0.233 e. The lowest BCUT2D eigenvalue weighted by Crippen LogP contribution is -2.27. The molecule has 0 saturated heterocycles. The van der Waals surface area contributed by atoms with E-state index in [0.29, 0.717) is 12.2 Å². The highest BCUT2D eigenvalue weighted by molar-refractivity contribution is 7.92. The van der Waals surface area contributed by atoms with Crippen molar-refractivity contribution in [3.05, 3.63) is 42.5 Å². The Morgan fingerprint density at radius 1 is 1.00 bits per heavy atom. The Hall–Kier alpha value is -1.59. The van der Waals surface area contributed by atoms with Crippen LogP contribution in [0.3, 0.4) is 0 Å². The van der Waals surface area contributed by atoms with Crippen molar-refractivity contribution in [3.8, 4) is 0 Å². The van der Waals surface area contributed by atoms with Crippen LogP contribution in [-0.2, 0) is 10.0 Å². The summed E-state index contributed by atoms with van der Waals surface area (Å²) >= 11 is 0.